The average molecular weight is 375 g/mol. The van der Waals surface area contributed by atoms with E-state index in [2.05, 4.69) is 15.3 Å². The number of fused-ring (bicyclic) bond motifs is 1. The zero-order valence-electron chi connectivity index (χ0n) is 14.4. The largest absolute Gasteiger partial charge is 0.349 e. The van der Waals surface area contributed by atoms with Gasteiger partial charge in [-0.3, -0.25) is 4.79 Å². The van der Waals surface area contributed by atoms with Crippen molar-refractivity contribution < 1.29 is 13.6 Å². The Bertz CT molecular complexity index is 895. The molecule has 0 fully saturated rings. The number of nitrogens with zero attached hydrogens (tertiary/aromatic N) is 1. The van der Waals surface area contributed by atoms with Crippen molar-refractivity contribution in [3.05, 3.63) is 65.5 Å². The second-order valence-corrected chi connectivity index (χ2v) is 7.38. The summed E-state index contributed by atoms with van der Waals surface area (Å²) < 4.78 is 26.8. The summed E-state index contributed by atoms with van der Waals surface area (Å²) in [6.07, 6.45) is 0. The van der Waals surface area contributed by atoms with Gasteiger partial charge in [0.2, 0.25) is 5.91 Å². The Morgan fingerprint density at radius 3 is 2.73 bits per heavy atom. The maximum Gasteiger partial charge on any atom is 0.230 e. The molecule has 0 aliphatic heterocycles. The number of aromatic nitrogens is 2. The van der Waals surface area contributed by atoms with E-state index >= 15 is 0 Å². The molecule has 2 atom stereocenters. The Labute approximate surface area is 154 Å². The monoisotopic (exact) mass is 375 g/mol. The summed E-state index contributed by atoms with van der Waals surface area (Å²) in [4.78, 5) is 19.9. The lowest BCUT2D eigenvalue weighted by Gasteiger charge is -2.16. The number of hydrogen-bond acceptors (Lipinski definition) is 3. The van der Waals surface area contributed by atoms with E-state index in [1.165, 1.54) is 23.9 Å². The molecule has 0 saturated carbocycles. The lowest BCUT2D eigenvalue weighted by molar-refractivity contribution is -0.119. The van der Waals surface area contributed by atoms with Gasteiger partial charge in [0, 0.05) is 11.6 Å². The second kappa shape index (κ2) is 7.86. The van der Waals surface area contributed by atoms with Gasteiger partial charge in [-0.05, 0) is 32.0 Å². The van der Waals surface area contributed by atoms with Gasteiger partial charge < -0.3 is 10.3 Å². The minimum absolute atomic E-state index is 0.00557. The predicted molar refractivity (Wildman–Crippen MR) is 99.9 cm³/mol. The third kappa shape index (κ3) is 4.22. The molecule has 2 unspecified atom stereocenters. The fourth-order valence-corrected chi connectivity index (χ4v) is 3.41. The van der Waals surface area contributed by atoms with Crippen molar-refractivity contribution in [2.24, 2.45) is 0 Å². The Morgan fingerprint density at radius 2 is 2.00 bits per heavy atom. The number of para-hydroxylation sites is 2. The molecule has 1 heterocycles. The van der Waals surface area contributed by atoms with Gasteiger partial charge >= 0.3 is 0 Å². The van der Waals surface area contributed by atoms with Crippen molar-refractivity contribution in [1.82, 2.24) is 15.3 Å². The molecule has 4 nitrogen and oxygen atoms in total. The standard InChI is InChI=1S/C19H19F2N3OS/c1-11(14-8-7-13(20)9-15(14)21)22-18(25)10-26-12(2)19-23-16-5-3-4-6-17(16)24-19/h3-9,11-12H,10H2,1-2H3,(H,22,25)(H,23,24). The molecule has 2 N–H and O–H groups in total. The van der Waals surface area contributed by atoms with Gasteiger partial charge in [0.1, 0.15) is 17.5 Å². The third-order valence-corrected chi connectivity index (χ3v) is 5.22. The van der Waals surface area contributed by atoms with Gasteiger partial charge in [0.05, 0.1) is 28.1 Å². The van der Waals surface area contributed by atoms with E-state index in [4.69, 9.17) is 0 Å². The molecule has 0 radical (unpaired) electrons. The molecule has 3 rings (SSSR count). The minimum atomic E-state index is -0.666. The zero-order valence-corrected chi connectivity index (χ0v) is 15.2. The smallest absolute Gasteiger partial charge is 0.230 e. The third-order valence-electron chi connectivity index (χ3n) is 4.06. The van der Waals surface area contributed by atoms with E-state index < -0.39 is 17.7 Å². The Kier molecular flexibility index (Phi) is 5.56. The van der Waals surface area contributed by atoms with Crippen LogP contribution in [0.25, 0.3) is 11.0 Å². The molecule has 0 bridgehead atoms. The predicted octanol–water partition coefficient (Wildman–Crippen LogP) is 4.51. The summed E-state index contributed by atoms with van der Waals surface area (Å²) >= 11 is 1.44. The number of imidazole rings is 1. The number of amides is 1. The number of halogens is 2. The first kappa shape index (κ1) is 18.4. The summed E-state index contributed by atoms with van der Waals surface area (Å²) in [5.41, 5.74) is 2.11. The maximum atomic E-state index is 13.8. The molecule has 0 aliphatic rings. The van der Waals surface area contributed by atoms with Crippen molar-refractivity contribution in [1.29, 1.82) is 0 Å². The molecule has 1 aromatic heterocycles. The highest BCUT2D eigenvalue weighted by atomic mass is 32.2. The molecule has 7 heteroatoms. The molecule has 26 heavy (non-hydrogen) atoms. The van der Waals surface area contributed by atoms with Crippen LogP contribution in [0.2, 0.25) is 0 Å². The summed E-state index contributed by atoms with van der Waals surface area (Å²) in [6.45, 7) is 3.64. The fraction of sp³-hybridized carbons (Fsp3) is 0.263. The van der Waals surface area contributed by atoms with Gasteiger partial charge in [-0.25, -0.2) is 13.8 Å². The first-order chi connectivity index (χ1) is 12.4. The van der Waals surface area contributed by atoms with Crippen molar-refractivity contribution in [3.63, 3.8) is 0 Å². The molecule has 0 saturated heterocycles. The fourth-order valence-electron chi connectivity index (χ4n) is 2.66. The van der Waals surface area contributed by atoms with Gasteiger partial charge in [-0.15, -0.1) is 11.8 Å². The Hall–Kier alpha value is -2.41. The highest BCUT2D eigenvalue weighted by Gasteiger charge is 2.17. The lowest BCUT2D eigenvalue weighted by Crippen LogP contribution is -2.29. The summed E-state index contributed by atoms with van der Waals surface area (Å²) in [5, 5.41) is 2.74. The molecule has 0 spiro atoms. The van der Waals surface area contributed by atoms with Crippen LogP contribution in [-0.2, 0) is 4.79 Å². The molecule has 136 valence electrons. The maximum absolute atomic E-state index is 13.8. The minimum Gasteiger partial charge on any atom is -0.349 e. The number of H-pyrrole nitrogens is 1. The van der Waals surface area contributed by atoms with Crippen LogP contribution in [0.4, 0.5) is 8.78 Å². The zero-order chi connectivity index (χ0) is 18.7. The van der Waals surface area contributed by atoms with Crippen LogP contribution in [-0.4, -0.2) is 21.6 Å². The van der Waals surface area contributed by atoms with Crippen LogP contribution in [0.5, 0.6) is 0 Å². The van der Waals surface area contributed by atoms with E-state index in [1.807, 2.05) is 31.2 Å². The van der Waals surface area contributed by atoms with Crippen LogP contribution in [0, 0.1) is 11.6 Å². The van der Waals surface area contributed by atoms with Crippen LogP contribution in [0.3, 0.4) is 0 Å². The number of benzene rings is 2. The van der Waals surface area contributed by atoms with E-state index in [1.54, 1.807) is 6.92 Å². The molecule has 0 aliphatic carbocycles. The number of hydrogen-bond donors (Lipinski definition) is 2. The van der Waals surface area contributed by atoms with Crippen LogP contribution in [0.1, 0.15) is 36.5 Å². The van der Waals surface area contributed by atoms with E-state index in [0.717, 1.165) is 22.9 Å². The Balaban J connectivity index is 1.56. The van der Waals surface area contributed by atoms with Gasteiger partial charge in [0.15, 0.2) is 0 Å². The first-order valence-corrected chi connectivity index (χ1v) is 9.29. The van der Waals surface area contributed by atoms with Crippen LogP contribution in [0.15, 0.2) is 42.5 Å². The van der Waals surface area contributed by atoms with Crippen molar-refractivity contribution in [2.75, 3.05) is 5.75 Å². The summed E-state index contributed by atoms with van der Waals surface area (Å²) in [7, 11) is 0. The van der Waals surface area contributed by atoms with E-state index in [0.29, 0.717) is 0 Å². The number of carbonyl (C=O) groups excluding carboxylic acids is 1. The summed E-state index contributed by atoms with van der Waals surface area (Å²) in [6, 6.07) is 10.5. The average Bonchev–Trinajstić information content (AvgIpc) is 3.03. The van der Waals surface area contributed by atoms with Crippen LogP contribution < -0.4 is 5.32 Å². The lowest BCUT2D eigenvalue weighted by atomic mass is 10.1. The molecular weight excluding hydrogens is 356 g/mol. The molecular formula is C19H19F2N3OS. The number of aromatic amines is 1. The van der Waals surface area contributed by atoms with Crippen molar-refractivity contribution >= 4 is 28.7 Å². The highest BCUT2D eigenvalue weighted by molar-refractivity contribution is 8.00. The number of thioether (sulfide) groups is 1. The molecule has 2 aromatic carbocycles. The van der Waals surface area contributed by atoms with E-state index in [9.17, 15) is 13.6 Å². The molecule has 3 aromatic rings. The normalized spacial score (nSPS) is 13.5. The van der Waals surface area contributed by atoms with Gasteiger partial charge in [-0.1, -0.05) is 18.2 Å². The van der Waals surface area contributed by atoms with Gasteiger partial charge in [-0.2, -0.15) is 0 Å². The SMILES string of the molecule is CC(NC(=O)CSC(C)c1nc2ccccc2[nH]1)c1ccc(F)cc1F. The highest BCUT2D eigenvalue weighted by Crippen LogP contribution is 2.27. The Morgan fingerprint density at radius 1 is 1.23 bits per heavy atom. The number of nitrogens with one attached hydrogen (secondary N) is 2. The quantitative estimate of drug-likeness (QED) is 0.666. The van der Waals surface area contributed by atoms with Gasteiger partial charge in [0.25, 0.3) is 0 Å². The van der Waals surface area contributed by atoms with Crippen molar-refractivity contribution in [2.45, 2.75) is 25.1 Å². The van der Waals surface area contributed by atoms with E-state index in [-0.39, 0.29) is 22.5 Å². The van der Waals surface area contributed by atoms with Crippen LogP contribution >= 0.6 is 11.8 Å². The molecule has 1 amide bonds. The summed E-state index contributed by atoms with van der Waals surface area (Å²) in [5.74, 6) is -0.498. The first-order valence-electron chi connectivity index (χ1n) is 8.24. The number of rotatable bonds is 6. The topological polar surface area (TPSA) is 57.8 Å². The second-order valence-electron chi connectivity index (χ2n) is 6.05. The number of carbonyl (C=O) groups is 1. The van der Waals surface area contributed by atoms with Crippen molar-refractivity contribution in [3.8, 4) is 0 Å².